The van der Waals surface area contributed by atoms with Crippen molar-refractivity contribution in [3.63, 3.8) is 0 Å². The summed E-state index contributed by atoms with van der Waals surface area (Å²) in [5.74, 6) is 1.31. The van der Waals surface area contributed by atoms with Crippen LogP contribution in [0, 0.1) is 0 Å². The number of benzene rings is 2. The van der Waals surface area contributed by atoms with Crippen LogP contribution in [0.2, 0.25) is 5.02 Å². The third-order valence-corrected chi connectivity index (χ3v) is 6.31. The summed E-state index contributed by atoms with van der Waals surface area (Å²) >= 11 is 6.30. The first-order valence-electron chi connectivity index (χ1n) is 11.8. The van der Waals surface area contributed by atoms with Gasteiger partial charge < -0.3 is 19.3 Å². The van der Waals surface area contributed by atoms with Crippen molar-refractivity contribution < 1.29 is 14.3 Å². The second-order valence-electron chi connectivity index (χ2n) is 8.75. The Morgan fingerprint density at radius 2 is 1.94 bits per heavy atom. The minimum atomic E-state index is -0.162. The second kappa shape index (κ2) is 11.5. The smallest absolute Gasteiger partial charge is 0.254 e. The fourth-order valence-electron chi connectivity index (χ4n) is 4.29. The third kappa shape index (κ3) is 5.92. The molecule has 2 aromatic carbocycles. The van der Waals surface area contributed by atoms with E-state index in [9.17, 15) is 4.79 Å². The molecule has 1 aromatic heterocycles. The van der Waals surface area contributed by atoms with Crippen LogP contribution in [0.4, 0.5) is 5.95 Å². The van der Waals surface area contributed by atoms with Crippen LogP contribution < -0.4 is 9.64 Å². The summed E-state index contributed by atoms with van der Waals surface area (Å²) in [6.45, 7) is 1.65. The molecule has 1 saturated heterocycles. The molecule has 3 aromatic rings. The number of hydrogen-bond donors (Lipinski definition) is 0. The SMILES string of the molecule is COCCOc1ccc(C(=O)N2CCCC[C@H]2c2nc(N(C)C)ncc2-c2cccc(Cl)c2)cc1. The van der Waals surface area contributed by atoms with Gasteiger partial charge >= 0.3 is 0 Å². The maximum atomic E-state index is 13.7. The minimum absolute atomic E-state index is 0.0137. The van der Waals surface area contributed by atoms with Crippen molar-refractivity contribution >= 4 is 23.5 Å². The Morgan fingerprint density at radius 3 is 2.66 bits per heavy atom. The molecule has 2 heterocycles. The number of piperidine rings is 1. The quantitative estimate of drug-likeness (QED) is 0.398. The summed E-state index contributed by atoms with van der Waals surface area (Å²) in [5, 5.41) is 0.648. The molecule has 1 amide bonds. The standard InChI is InChI=1S/C27H31ClN4O3/c1-31(2)27-29-18-23(20-7-6-8-21(28)17-20)25(30-27)24-9-4-5-14-32(24)26(33)19-10-12-22(13-11-19)35-16-15-34-3/h6-8,10-13,17-18,24H,4-5,9,14-16H2,1-3H3/t24-/m0/s1. The van der Waals surface area contributed by atoms with Gasteiger partial charge in [-0.15, -0.1) is 0 Å². The Labute approximate surface area is 211 Å². The zero-order chi connectivity index (χ0) is 24.8. The molecule has 0 aliphatic carbocycles. The van der Waals surface area contributed by atoms with Crippen LogP contribution in [0.5, 0.6) is 5.75 Å². The lowest BCUT2D eigenvalue weighted by Crippen LogP contribution is -2.39. The van der Waals surface area contributed by atoms with Gasteiger partial charge in [0.1, 0.15) is 12.4 Å². The van der Waals surface area contributed by atoms with Crippen molar-refractivity contribution in [1.82, 2.24) is 14.9 Å². The molecule has 0 saturated carbocycles. The van der Waals surface area contributed by atoms with Crippen LogP contribution in [0.1, 0.15) is 41.4 Å². The van der Waals surface area contributed by atoms with E-state index < -0.39 is 0 Å². The molecule has 1 aliphatic rings. The van der Waals surface area contributed by atoms with Crippen LogP contribution in [0.15, 0.2) is 54.7 Å². The third-order valence-electron chi connectivity index (χ3n) is 6.08. The predicted octanol–water partition coefficient (Wildman–Crippen LogP) is 5.26. The van der Waals surface area contributed by atoms with Crippen molar-refractivity contribution in [3.05, 3.63) is 71.0 Å². The number of halogens is 1. The van der Waals surface area contributed by atoms with Gasteiger partial charge in [-0.2, -0.15) is 0 Å². The van der Waals surface area contributed by atoms with Gasteiger partial charge in [-0.05, 0) is 61.2 Å². The predicted molar refractivity (Wildman–Crippen MR) is 138 cm³/mol. The Morgan fingerprint density at radius 1 is 1.14 bits per heavy atom. The number of amides is 1. The van der Waals surface area contributed by atoms with Crippen LogP contribution in [0.25, 0.3) is 11.1 Å². The Hall–Kier alpha value is -3.16. The topological polar surface area (TPSA) is 67.8 Å². The van der Waals surface area contributed by atoms with E-state index in [1.165, 1.54) is 0 Å². The van der Waals surface area contributed by atoms with E-state index in [0.29, 0.717) is 42.0 Å². The number of hydrogen-bond acceptors (Lipinski definition) is 6. The molecule has 1 fully saturated rings. The summed E-state index contributed by atoms with van der Waals surface area (Å²) in [6, 6.07) is 14.8. The average molecular weight is 495 g/mol. The molecule has 8 heteroatoms. The molecular formula is C27H31ClN4O3. The van der Waals surface area contributed by atoms with Gasteiger partial charge in [-0.3, -0.25) is 4.79 Å². The van der Waals surface area contributed by atoms with Crippen LogP contribution in [0.3, 0.4) is 0 Å². The van der Waals surface area contributed by atoms with Crippen molar-refractivity contribution in [1.29, 1.82) is 0 Å². The number of methoxy groups -OCH3 is 1. The first kappa shape index (κ1) is 24.9. The molecule has 35 heavy (non-hydrogen) atoms. The molecule has 7 nitrogen and oxygen atoms in total. The van der Waals surface area contributed by atoms with Crippen LogP contribution in [-0.2, 0) is 4.74 Å². The molecular weight excluding hydrogens is 464 g/mol. The number of likely N-dealkylation sites (tertiary alicyclic amines) is 1. The monoisotopic (exact) mass is 494 g/mol. The van der Waals surface area contributed by atoms with Gasteiger partial charge in [0.15, 0.2) is 0 Å². The highest BCUT2D eigenvalue weighted by atomic mass is 35.5. The van der Waals surface area contributed by atoms with E-state index in [1.54, 1.807) is 7.11 Å². The zero-order valence-corrected chi connectivity index (χ0v) is 21.2. The molecule has 1 aliphatic heterocycles. The van der Waals surface area contributed by atoms with E-state index in [-0.39, 0.29) is 11.9 Å². The first-order chi connectivity index (χ1) is 17.0. The van der Waals surface area contributed by atoms with Crippen LogP contribution in [-0.4, -0.2) is 61.7 Å². The molecule has 0 spiro atoms. The van der Waals surface area contributed by atoms with E-state index in [0.717, 1.165) is 36.1 Å². The lowest BCUT2D eigenvalue weighted by molar-refractivity contribution is 0.0606. The summed E-state index contributed by atoms with van der Waals surface area (Å²) in [4.78, 5) is 27.0. The summed E-state index contributed by atoms with van der Waals surface area (Å²) < 4.78 is 10.7. The van der Waals surface area contributed by atoms with Crippen molar-refractivity contribution in [3.8, 4) is 16.9 Å². The van der Waals surface area contributed by atoms with Gasteiger partial charge in [-0.1, -0.05) is 23.7 Å². The maximum absolute atomic E-state index is 13.7. The maximum Gasteiger partial charge on any atom is 0.254 e. The normalized spacial score (nSPS) is 15.7. The summed E-state index contributed by atoms with van der Waals surface area (Å²) in [7, 11) is 5.47. The highest BCUT2D eigenvalue weighted by molar-refractivity contribution is 6.30. The zero-order valence-electron chi connectivity index (χ0n) is 20.4. The van der Waals surface area contributed by atoms with E-state index in [4.69, 9.17) is 26.1 Å². The van der Waals surface area contributed by atoms with Gasteiger partial charge in [0.25, 0.3) is 5.91 Å². The summed E-state index contributed by atoms with van der Waals surface area (Å²) in [5.41, 5.74) is 3.30. The van der Waals surface area contributed by atoms with Gasteiger partial charge in [-0.25, -0.2) is 9.97 Å². The molecule has 0 radical (unpaired) electrons. The number of ether oxygens (including phenoxy) is 2. The lowest BCUT2D eigenvalue weighted by atomic mass is 9.93. The van der Waals surface area contributed by atoms with Gasteiger partial charge in [0.2, 0.25) is 5.95 Å². The Kier molecular flexibility index (Phi) is 8.21. The van der Waals surface area contributed by atoms with E-state index in [2.05, 4.69) is 4.98 Å². The molecule has 4 rings (SSSR count). The fraction of sp³-hybridized carbons (Fsp3) is 0.370. The molecule has 184 valence electrons. The second-order valence-corrected chi connectivity index (χ2v) is 9.19. The number of nitrogens with zero attached hydrogens (tertiary/aromatic N) is 4. The molecule has 0 bridgehead atoms. The minimum Gasteiger partial charge on any atom is -0.491 e. The van der Waals surface area contributed by atoms with Crippen molar-refractivity contribution in [2.45, 2.75) is 25.3 Å². The fourth-order valence-corrected chi connectivity index (χ4v) is 4.48. The largest absolute Gasteiger partial charge is 0.491 e. The number of rotatable bonds is 8. The number of carbonyl (C=O) groups excluding carboxylic acids is 1. The highest BCUT2D eigenvalue weighted by Gasteiger charge is 2.32. The van der Waals surface area contributed by atoms with E-state index >= 15 is 0 Å². The van der Waals surface area contributed by atoms with Crippen molar-refractivity contribution in [2.75, 3.05) is 45.9 Å². The van der Waals surface area contributed by atoms with Gasteiger partial charge in [0.05, 0.1) is 18.3 Å². The molecule has 0 unspecified atom stereocenters. The summed E-state index contributed by atoms with van der Waals surface area (Å²) in [6.07, 6.45) is 4.66. The number of aromatic nitrogens is 2. The number of anilines is 1. The Bertz CT molecular complexity index is 1150. The van der Waals surface area contributed by atoms with Crippen molar-refractivity contribution in [2.24, 2.45) is 0 Å². The molecule has 1 atom stereocenters. The molecule has 0 N–H and O–H groups in total. The van der Waals surface area contributed by atoms with Crippen LogP contribution >= 0.6 is 11.6 Å². The number of carbonyl (C=O) groups is 1. The van der Waals surface area contributed by atoms with E-state index in [1.807, 2.05) is 78.6 Å². The first-order valence-corrected chi connectivity index (χ1v) is 12.2. The Balaban J connectivity index is 1.67. The van der Waals surface area contributed by atoms with Gasteiger partial charge in [0, 0.05) is 50.1 Å². The average Bonchev–Trinajstić information content (AvgIpc) is 2.88. The highest BCUT2D eigenvalue weighted by Crippen LogP contribution is 2.37. The lowest BCUT2D eigenvalue weighted by Gasteiger charge is -2.36.